The molecule has 1 N–H and O–H groups in total. The molecule has 8 nitrogen and oxygen atoms in total. The number of benzene rings is 1. The Morgan fingerprint density at radius 1 is 1.18 bits per heavy atom. The number of nitrogens with one attached hydrogen (secondary N) is 1. The van der Waals surface area contributed by atoms with Crippen molar-refractivity contribution in [3.05, 3.63) is 47.7 Å². The number of carbonyl (C=O) groups is 2. The number of pyridine rings is 1. The van der Waals surface area contributed by atoms with E-state index in [9.17, 15) is 9.59 Å². The zero-order valence-corrected chi connectivity index (χ0v) is 20.1. The first kappa shape index (κ1) is 22.5. The molecule has 34 heavy (non-hydrogen) atoms. The third-order valence-corrected chi connectivity index (χ3v) is 7.09. The van der Waals surface area contributed by atoms with Gasteiger partial charge >= 0.3 is 0 Å². The SMILES string of the molecule is CC(=O)N1CCN(c2ccc(-c3cc(O[C@H](C)C4CNC(=O)C4)c4c(Cl)cnn4c3)cc2)CC1. The van der Waals surface area contributed by atoms with Gasteiger partial charge < -0.3 is 19.9 Å². The van der Waals surface area contributed by atoms with Crippen LogP contribution in [0.5, 0.6) is 5.75 Å². The van der Waals surface area contributed by atoms with Gasteiger partial charge in [0.1, 0.15) is 17.4 Å². The van der Waals surface area contributed by atoms with Crippen LogP contribution in [0.2, 0.25) is 5.02 Å². The van der Waals surface area contributed by atoms with Gasteiger partial charge in [-0.2, -0.15) is 5.10 Å². The summed E-state index contributed by atoms with van der Waals surface area (Å²) in [6.45, 7) is 7.36. The second-order valence-corrected chi connectivity index (χ2v) is 9.42. The van der Waals surface area contributed by atoms with Gasteiger partial charge in [-0.25, -0.2) is 4.52 Å². The summed E-state index contributed by atoms with van der Waals surface area (Å²) >= 11 is 6.42. The van der Waals surface area contributed by atoms with Crippen molar-refractivity contribution in [2.24, 2.45) is 5.92 Å². The Labute approximate surface area is 203 Å². The first-order chi connectivity index (χ1) is 16.4. The molecule has 3 aromatic rings. The lowest BCUT2D eigenvalue weighted by molar-refractivity contribution is -0.129. The molecule has 5 rings (SSSR count). The van der Waals surface area contributed by atoms with Crippen molar-refractivity contribution in [1.82, 2.24) is 19.8 Å². The summed E-state index contributed by atoms with van der Waals surface area (Å²) in [6, 6.07) is 10.4. The highest BCUT2D eigenvalue weighted by molar-refractivity contribution is 6.34. The first-order valence-electron chi connectivity index (χ1n) is 11.6. The number of nitrogens with zero attached hydrogens (tertiary/aromatic N) is 4. The zero-order chi connectivity index (χ0) is 23.8. The van der Waals surface area contributed by atoms with Crippen molar-refractivity contribution in [3.63, 3.8) is 0 Å². The molecule has 0 saturated carbocycles. The average molecular weight is 482 g/mol. The molecule has 2 aliphatic rings. The van der Waals surface area contributed by atoms with Crippen molar-refractivity contribution in [2.75, 3.05) is 37.6 Å². The van der Waals surface area contributed by atoms with Crippen molar-refractivity contribution < 1.29 is 14.3 Å². The maximum absolute atomic E-state index is 11.6. The molecule has 0 spiro atoms. The number of amides is 2. The summed E-state index contributed by atoms with van der Waals surface area (Å²) in [4.78, 5) is 27.4. The molecular weight excluding hydrogens is 454 g/mol. The normalized spacial score (nSPS) is 19.4. The summed E-state index contributed by atoms with van der Waals surface area (Å²) in [7, 11) is 0. The Balaban J connectivity index is 1.38. The Kier molecular flexibility index (Phi) is 6.08. The van der Waals surface area contributed by atoms with Gasteiger partial charge in [0.15, 0.2) is 0 Å². The fraction of sp³-hybridized carbons (Fsp3) is 0.400. The number of ether oxygens (including phenoxy) is 1. The van der Waals surface area contributed by atoms with Crippen LogP contribution in [-0.4, -0.2) is 65.2 Å². The number of rotatable bonds is 5. The molecule has 2 amide bonds. The van der Waals surface area contributed by atoms with E-state index in [2.05, 4.69) is 39.6 Å². The second-order valence-electron chi connectivity index (χ2n) is 9.01. The molecule has 0 bridgehead atoms. The predicted octanol–water partition coefficient (Wildman–Crippen LogP) is 3.23. The predicted molar refractivity (Wildman–Crippen MR) is 131 cm³/mol. The van der Waals surface area contributed by atoms with Crippen LogP contribution in [0, 0.1) is 5.92 Å². The van der Waals surface area contributed by atoms with Gasteiger partial charge in [-0.1, -0.05) is 23.7 Å². The minimum absolute atomic E-state index is 0.0597. The average Bonchev–Trinajstić information content (AvgIpc) is 3.45. The number of hydrogen-bond donors (Lipinski definition) is 1. The zero-order valence-electron chi connectivity index (χ0n) is 19.3. The molecule has 2 aliphatic heterocycles. The Hall–Kier alpha value is -3.26. The van der Waals surface area contributed by atoms with Crippen LogP contribution in [-0.2, 0) is 9.59 Å². The maximum Gasteiger partial charge on any atom is 0.220 e. The minimum Gasteiger partial charge on any atom is -0.488 e. The highest BCUT2D eigenvalue weighted by Gasteiger charge is 2.29. The van der Waals surface area contributed by atoms with Crippen LogP contribution in [0.15, 0.2) is 42.7 Å². The van der Waals surface area contributed by atoms with Crippen LogP contribution >= 0.6 is 11.6 Å². The lowest BCUT2D eigenvalue weighted by atomic mass is 10.0. The second kappa shape index (κ2) is 9.18. The molecular formula is C25H28ClN5O3. The van der Waals surface area contributed by atoms with E-state index in [1.807, 2.05) is 24.1 Å². The van der Waals surface area contributed by atoms with E-state index in [1.54, 1.807) is 17.6 Å². The smallest absolute Gasteiger partial charge is 0.220 e. The van der Waals surface area contributed by atoms with E-state index in [1.165, 1.54) is 0 Å². The van der Waals surface area contributed by atoms with E-state index in [0.717, 1.165) is 48.5 Å². The van der Waals surface area contributed by atoms with Gasteiger partial charge in [0.2, 0.25) is 11.8 Å². The molecule has 2 atom stereocenters. The molecule has 1 unspecified atom stereocenters. The molecule has 2 fully saturated rings. The first-order valence-corrected chi connectivity index (χ1v) is 12.0. The minimum atomic E-state index is -0.153. The Morgan fingerprint density at radius 3 is 2.56 bits per heavy atom. The number of anilines is 1. The third kappa shape index (κ3) is 4.42. The fourth-order valence-corrected chi connectivity index (χ4v) is 4.92. The molecule has 178 valence electrons. The number of aromatic nitrogens is 2. The van der Waals surface area contributed by atoms with Crippen molar-refractivity contribution >= 4 is 34.6 Å². The molecule has 2 saturated heterocycles. The monoisotopic (exact) mass is 481 g/mol. The third-order valence-electron chi connectivity index (χ3n) is 6.81. The lowest BCUT2D eigenvalue weighted by Gasteiger charge is -2.35. The summed E-state index contributed by atoms with van der Waals surface area (Å²) < 4.78 is 8.07. The summed E-state index contributed by atoms with van der Waals surface area (Å²) in [5, 5.41) is 7.79. The largest absolute Gasteiger partial charge is 0.488 e. The summed E-state index contributed by atoms with van der Waals surface area (Å²) in [5.74, 6) is 0.953. The lowest BCUT2D eigenvalue weighted by Crippen LogP contribution is -2.48. The van der Waals surface area contributed by atoms with E-state index < -0.39 is 0 Å². The van der Waals surface area contributed by atoms with Crippen molar-refractivity contribution in [2.45, 2.75) is 26.4 Å². The summed E-state index contributed by atoms with van der Waals surface area (Å²) in [6.07, 6.45) is 3.87. The van der Waals surface area contributed by atoms with E-state index in [4.69, 9.17) is 16.3 Å². The van der Waals surface area contributed by atoms with E-state index >= 15 is 0 Å². The van der Waals surface area contributed by atoms with Gasteiger partial charge in [0.25, 0.3) is 0 Å². The number of fused-ring (bicyclic) bond motifs is 1. The molecule has 0 aliphatic carbocycles. The Bertz CT molecular complexity index is 1220. The van der Waals surface area contributed by atoms with Crippen molar-refractivity contribution in [3.8, 4) is 16.9 Å². The number of halogens is 1. The number of hydrogen-bond acceptors (Lipinski definition) is 5. The van der Waals surface area contributed by atoms with Gasteiger partial charge in [-0.3, -0.25) is 9.59 Å². The fourth-order valence-electron chi connectivity index (χ4n) is 4.70. The van der Waals surface area contributed by atoms with Gasteiger partial charge in [0, 0.05) is 69.4 Å². The van der Waals surface area contributed by atoms with E-state index in [0.29, 0.717) is 23.7 Å². The van der Waals surface area contributed by atoms with Crippen LogP contribution in [0.25, 0.3) is 16.6 Å². The van der Waals surface area contributed by atoms with Crippen LogP contribution in [0.3, 0.4) is 0 Å². The number of piperazine rings is 1. The highest BCUT2D eigenvalue weighted by Crippen LogP contribution is 2.34. The van der Waals surface area contributed by atoms with Crippen LogP contribution in [0.4, 0.5) is 5.69 Å². The summed E-state index contributed by atoms with van der Waals surface area (Å²) in [5.41, 5.74) is 3.85. The molecule has 4 heterocycles. The van der Waals surface area contributed by atoms with Crippen molar-refractivity contribution in [1.29, 1.82) is 0 Å². The topological polar surface area (TPSA) is 79.2 Å². The van der Waals surface area contributed by atoms with E-state index in [-0.39, 0.29) is 23.8 Å². The molecule has 0 radical (unpaired) electrons. The van der Waals surface area contributed by atoms with Gasteiger partial charge in [-0.05, 0) is 30.7 Å². The standard InChI is InChI=1S/C25H28ClN5O3/c1-16(19-12-24(33)27-13-19)34-23-11-20(15-31-25(23)22(26)14-28-31)18-3-5-21(6-4-18)30-9-7-29(8-10-30)17(2)32/h3-6,11,14-16,19H,7-10,12-13H2,1-2H3,(H,27,33)/t16-,19?/m1/s1. The molecule has 2 aromatic heterocycles. The number of carbonyl (C=O) groups excluding carboxylic acids is 2. The van der Waals surface area contributed by atoms with Crippen LogP contribution in [0.1, 0.15) is 20.3 Å². The quantitative estimate of drug-likeness (QED) is 0.605. The highest BCUT2D eigenvalue weighted by atomic mass is 35.5. The van der Waals surface area contributed by atoms with Gasteiger partial charge in [0.05, 0.1) is 11.2 Å². The van der Waals surface area contributed by atoms with Crippen LogP contribution < -0.4 is 15.0 Å². The maximum atomic E-state index is 11.6. The van der Waals surface area contributed by atoms with Gasteiger partial charge in [-0.15, -0.1) is 0 Å². The Morgan fingerprint density at radius 2 is 1.91 bits per heavy atom. The molecule has 9 heteroatoms. The molecule has 1 aromatic carbocycles.